The lowest BCUT2D eigenvalue weighted by Crippen LogP contribution is -2.21. The molecule has 2 N–H and O–H groups in total. The van der Waals surface area contributed by atoms with Gasteiger partial charge in [0.25, 0.3) is 0 Å². The van der Waals surface area contributed by atoms with Gasteiger partial charge < -0.3 is 10.2 Å². The molecule has 0 amide bonds. The SMILES string of the molecule is NCc1ccc(Cn2cccnc2=O)o1. The predicted molar refractivity (Wildman–Crippen MR) is 54.2 cm³/mol. The van der Waals surface area contributed by atoms with E-state index in [1.54, 1.807) is 18.3 Å². The second-order valence-corrected chi connectivity index (χ2v) is 3.10. The summed E-state index contributed by atoms with van der Waals surface area (Å²) >= 11 is 0. The van der Waals surface area contributed by atoms with E-state index in [-0.39, 0.29) is 5.69 Å². The van der Waals surface area contributed by atoms with E-state index >= 15 is 0 Å². The minimum Gasteiger partial charge on any atom is -0.463 e. The van der Waals surface area contributed by atoms with Crippen molar-refractivity contribution in [3.63, 3.8) is 0 Å². The Morgan fingerprint density at radius 3 is 2.87 bits per heavy atom. The largest absolute Gasteiger partial charge is 0.463 e. The molecule has 0 unspecified atom stereocenters. The number of nitrogens with zero attached hydrogens (tertiary/aromatic N) is 2. The molecule has 2 rings (SSSR count). The molecular weight excluding hydrogens is 194 g/mol. The van der Waals surface area contributed by atoms with E-state index in [0.29, 0.717) is 24.6 Å². The summed E-state index contributed by atoms with van der Waals surface area (Å²) in [6, 6.07) is 5.31. The molecule has 2 aromatic rings. The molecule has 2 heterocycles. The highest BCUT2D eigenvalue weighted by atomic mass is 16.3. The van der Waals surface area contributed by atoms with Crippen molar-refractivity contribution in [2.75, 3.05) is 0 Å². The van der Waals surface area contributed by atoms with Crippen LogP contribution in [0.1, 0.15) is 11.5 Å². The van der Waals surface area contributed by atoms with Crippen LogP contribution in [0.2, 0.25) is 0 Å². The van der Waals surface area contributed by atoms with Crippen LogP contribution in [0, 0.1) is 0 Å². The lowest BCUT2D eigenvalue weighted by Gasteiger charge is -2.00. The minimum absolute atomic E-state index is 0.289. The fraction of sp³-hybridized carbons (Fsp3) is 0.200. The van der Waals surface area contributed by atoms with Crippen LogP contribution in [0.25, 0.3) is 0 Å². The van der Waals surface area contributed by atoms with E-state index < -0.39 is 0 Å². The summed E-state index contributed by atoms with van der Waals surface area (Å²) in [5.74, 6) is 1.41. The Balaban J connectivity index is 2.22. The van der Waals surface area contributed by atoms with Crippen LogP contribution in [0.3, 0.4) is 0 Å². The zero-order valence-corrected chi connectivity index (χ0v) is 8.09. The first-order valence-corrected chi connectivity index (χ1v) is 4.58. The van der Waals surface area contributed by atoms with Crippen molar-refractivity contribution >= 4 is 0 Å². The average molecular weight is 205 g/mol. The summed E-state index contributed by atoms with van der Waals surface area (Å²) in [7, 11) is 0. The van der Waals surface area contributed by atoms with Crippen LogP contribution in [0.5, 0.6) is 0 Å². The summed E-state index contributed by atoms with van der Waals surface area (Å²) < 4.78 is 6.85. The maximum absolute atomic E-state index is 11.3. The molecule has 0 aromatic carbocycles. The smallest absolute Gasteiger partial charge is 0.347 e. The Bertz CT molecular complexity index is 501. The lowest BCUT2D eigenvalue weighted by atomic mass is 10.4. The zero-order valence-electron chi connectivity index (χ0n) is 8.09. The first-order chi connectivity index (χ1) is 7.29. The van der Waals surface area contributed by atoms with Gasteiger partial charge in [-0.15, -0.1) is 0 Å². The highest BCUT2D eigenvalue weighted by Crippen LogP contribution is 2.07. The van der Waals surface area contributed by atoms with Gasteiger partial charge in [-0.25, -0.2) is 9.78 Å². The number of furan rings is 1. The van der Waals surface area contributed by atoms with Crippen LogP contribution in [0.4, 0.5) is 0 Å². The summed E-state index contributed by atoms with van der Waals surface area (Å²) in [5, 5.41) is 0. The topological polar surface area (TPSA) is 74.1 Å². The van der Waals surface area contributed by atoms with E-state index in [1.807, 2.05) is 6.07 Å². The molecule has 0 spiro atoms. The van der Waals surface area contributed by atoms with Crippen LogP contribution in [-0.2, 0) is 13.1 Å². The highest BCUT2D eigenvalue weighted by molar-refractivity contribution is 5.07. The van der Waals surface area contributed by atoms with Crippen LogP contribution in [-0.4, -0.2) is 9.55 Å². The molecule has 5 nitrogen and oxygen atoms in total. The van der Waals surface area contributed by atoms with E-state index in [4.69, 9.17) is 10.2 Å². The first-order valence-electron chi connectivity index (χ1n) is 4.58. The predicted octanol–water partition coefficient (Wildman–Crippen LogP) is 0.343. The van der Waals surface area contributed by atoms with Crippen molar-refractivity contribution in [2.24, 2.45) is 5.73 Å². The van der Waals surface area contributed by atoms with E-state index in [0.717, 1.165) is 0 Å². The molecule has 0 radical (unpaired) electrons. The zero-order chi connectivity index (χ0) is 10.7. The molecule has 0 bridgehead atoms. The van der Waals surface area contributed by atoms with Crippen molar-refractivity contribution in [3.8, 4) is 0 Å². The maximum atomic E-state index is 11.3. The number of hydrogen-bond donors (Lipinski definition) is 1. The summed E-state index contributed by atoms with van der Waals surface area (Å²) in [6.45, 7) is 0.745. The number of hydrogen-bond acceptors (Lipinski definition) is 4. The highest BCUT2D eigenvalue weighted by Gasteiger charge is 2.02. The van der Waals surface area contributed by atoms with Crippen molar-refractivity contribution in [1.82, 2.24) is 9.55 Å². The Hall–Kier alpha value is -1.88. The summed E-state index contributed by atoms with van der Waals surface area (Å²) in [4.78, 5) is 14.9. The third-order valence-corrected chi connectivity index (χ3v) is 2.03. The van der Waals surface area contributed by atoms with Gasteiger partial charge >= 0.3 is 5.69 Å². The molecule has 5 heteroatoms. The number of aromatic nitrogens is 2. The van der Waals surface area contributed by atoms with E-state index in [1.165, 1.54) is 10.8 Å². The third kappa shape index (κ3) is 2.13. The van der Waals surface area contributed by atoms with Crippen LogP contribution >= 0.6 is 0 Å². The van der Waals surface area contributed by atoms with Gasteiger partial charge in [-0.2, -0.15) is 0 Å². The average Bonchev–Trinajstić information content (AvgIpc) is 2.69. The van der Waals surface area contributed by atoms with Crippen molar-refractivity contribution in [2.45, 2.75) is 13.1 Å². The molecule has 0 fully saturated rings. The van der Waals surface area contributed by atoms with Gasteiger partial charge in [-0.1, -0.05) is 0 Å². The second-order valence-electron chi connectivity index (χ2n) is 3.10. The van der Waals surface area contributed by atoms with Gasteiger partial charge in [0.1, 0.15) is 11.5 Å². The van der Waals surface area contributed by atoms with Crippen LogP contribution in [0.15, 0.2) is 39.8 Å². The number of nitrogens with two attached hydrogens (primary N) is 1. The molecule has 0 saturated heterocycles. The normalized spacial score (nSPS) is 10.5. The Morgan fingerprint density at radius 1 is 1.40 bits per heavy atom. The quantitative estimate of drug-likeness (QED) is 0.784. The Labute approximate surface area is 86.2 Å². The minimum atomic E-state index is -0.289. The molecule has 0 aliphatic carbocycles. The third-order valence-electron chi connectivity index (χ3n) is 2.03. The molecule has 0 aliphatic rings. The molecule has 2 aromatic heterocycles. The van der Waals surface area contributed by atoms with Gasteiger partial charge in [-0.3, -0.25) is 4.57 Å². The first kappa shape index (κ1) is 9.67. The van der Waals surface area contributed by atoms with Gasteiger partial charge in [0, 0.05) is 12.4 Å². The fourth-order valence-electron chi connectivity index (χ4n) is 1.29. The van der Waals surface area contributed by atoms with Gasteiger partial charge in [-0.05, 0) is 18.2 Å². The van der Waals surface area contributed by atoms with Gasteiger partial charge in [0.15, 0.2) is 0 Å². The summed E-state index contributed by atoms with van der Waals surface area (Å²) in [5.41, 5.74) is 5.12. The van der Waals surface area contributed by atoms with Crippen molar-refractivity contribution in [1.29, 1.82) is 0 Å². The molecule has 0 saturated carbocycles. The number of rotatable bonds is 3. The van der Waals surface area contributed by atoms with E-state index in [9.17, 15) is 4.79 Å². The lowest BCUT2D eigenvalue weighted by molar-refractivity contribution is 0.451. The van der Waals surface area contributed by atoms with E-state index in [2.05, 4.69) is 4.98 Å². The van der Waals surface area contributed by atoms with Crippen molar-refractivity contribution < 1.29 is 4.42 Å². The Morgan fingerprint density at radius 2 is 2.20 bits per heavy atom. The fourth-order valence-corrected chi connectivity index (χ4v) is 1.29. The summed E-state index contributed by atoms with van der Waals surface area (Å²) in [6.07, 6.45) is 3.13. The van der Waals surface area contributed by atoms with Gasteiger partial charge in [0.2, 0.25) is 0 Å². The molecule has 78 valence electrons. The monoisotopic (exact) mass is 205 g/mol. The second kappa shape index (κ2) is 4.10. The Kier molecular flexibility index (Phi) is 2.64. The molecule has 0 atom stereocenters. The van der Waals surface area contributed by atoms with Crippen LogP contribution < -0.4 is 11.4 Å². The molecular formula is C10H11N3O2. The molecule has 0 aliphatic heterocycles. The standard InChI is InChI=1S/C10H11N3O2/c11-6-8-2-3-9(15-8)7-13-5-1-4-12-10(13)14/h1-5H,6-7,11H2. The van der Waals surface area contributed by atoms with Gasteiger partial charge in [0.05, 0.1) is 13.1 Å². The van der Waals surface area contributed by atoms with Crippen molar-refractivity contribution in [3.05, 3.63) is 52.6 Å². The molecule has 15 heavy (non-hydrogen) atoms. The maximum Gasteiger partial charge on any atom is 0.347 e.